The van der Waals surface area contributed by atoms with Gasteiger partial charge in [-0.15, -0.1) is 10.2 Å². The number of rotatable bonds is 6. The molecule has 126 valence electrons. The first kappa shape index (κ1) is 17.4. The fourth-order valence-corrected chi connectivity index (χ4v) is 4.14. The van der Waals surface area contributed by atoms with Crippen molar-refractivity contribution in [2.45, 2.75) is 31.4 Å². The maximum atomic E-state index is 12.2. The van der Waals surface area contributed by atoms with Crippen molar-refractivity contribution in [1.82, 2.24) is 15.1 Å². The van der Waals surface area contributed by atoms with Crippen LogP contribution in [0.2, 0.25) is 5.02 Å². The average molecular weight is 382 g/mol. The molecule has 1 aromatic heterocycles. The Hall–Kier alpha value is -1.44. The fraction of sp³-hybridized carbons (Fsp3) is 0.375. The van der Waals surface area contributed by atoms with Gasteiger partial charge in [0.2, 0.25) is 17.7 Å². The van der Waals surface area contributed by atoms with Gasteiger partial charge in [-0.3, -0.25) is 9.69 Å². The average Bonchev–Trinajstić information content (AvgIpc) is 3.14. The molecule has 1 aliphatic rings. The Balaban J connectivity index is 1.58. The van der Waals surface area contributed by atoms with Crippen LogP contribution < -0.4 is 0 Å². The molecule has 1 aliphatic heterocycles. The highest BCUT2D eigenvalue weighted by atomic mass is 35.5. The molecule has 0 aliphatic carbocycles. The van der Waals surface area contributed by atoms with Crippen molar-refractivity contribution >= 4 is 45.8 Å². The fourth-order valence-electron chi connectivity index (χ4n) is 2.45. The second-order valence-corrected chi connectivity index (χ2v) is 7.60. The number of hydrogen-bond acceptors (Lipinski definition) is 6. The van der Waals surface area contributed by atoms with E-state index in [1.165, 1.54) is 11.8 Å². The molecular weight excluding hydrogens is 366 g/mol. The van der Waals surface area contributed by atoms with E-state index in [2.05, 4.69) is 10.2 Å². The summed E-state index contributed by atoms with van der Waals surface area (Å²) in [4.78, 5) is 13.8. The largest absolute Gasteiger partial charge is 0.421 e. The minimum atomic E-state index is -0.0345. The van der Waals surface area contributed by atoms with Gasteiger partial charge in [-0.1, -0.05) is 54.6 Å². The van der Waals surface area contributed by atoms with Crippen LogP contribution in [0, 0.1) is 0 Å². The Morgan fingerprint density at radius 3 is 2.88 bits per heavy atom. The van der Waals surface area contributed by atoms with Crippen LogP contribution >= 0.6 is 35.6 Å². The molecule has 8 heteroatoms. The van der Waals surface area contributed by atoms with Gasteiger partial charge in [0.05, 0.1) is 15.8 Å². The molecular formula is C16H16ClN3O2S2. The number of benzene rings is 1. The van der Waals surface area contributed by atoms with Crippen LogP contribution in [0.4, 0.5) is 0 Å². The molecule has 1 amide bonds. The summed E-state index contributed by atoms with van der Waals surface area (Å²) in [6.07, 6.45) is 2.10. The Labute approximate surface area is 154 Å². The molecule has 3 rings (SSSR count). The first-order valence-electron chi connectivity index (χ1n) is 7.69. The number of aryl methyl sites for hydroxylation is 1. The van der Waals surface area contributed by atoms with E-state index in [1.54, 1.807) is 11.0 Å². The Kier molecular flexibility index (Phi) is 5.53. The van der Waals surface area contributed by atoms with E-state index < -0.39 is 0 Å². The van der Waals surface area contributed by atoms with Gasteiger partial charge in [0, 0.05) is 13.0 Å². The predicted octanol–water partition coefficient (Wildman–Crippen LogP) is 3.96. The predicted molar refractivity (Wildman–Crippen MR) is 99.0 cm³/mol. The minimum Gasteiger partial charge on any atom is -0.421 e. The lowest BCUT2D eigenvalue weighted by Crippen LogP contribution is -2.32. The smallest absolute Gasteiger partial charge is 0.249 e. The topological polar surface area (TPSA) is 59.2 Å². The van der Waals surface area contributed by atoms with Crippen molar-refractivity contribution in [1.29, 1.82) is 0 Å². The zero-order chi connectivity index (χ0) is 17.1. The van der Waals surface area contributed by atoms with Gasteiger partial charge in [0.25, 0.3) is 0 Å². The van der Waals surface area contributed by atoms with Crippen LogP contribution in [0.25, 0.3) is 11.5 Å². The number of halogens is 1. The van der Waals surface area contributed by atoms with E-state index in [9.17, 15) is 4.79 Å². The molecule has 5 nitrogen and oxygen atoms in total. The van der Waals surface area contributed by atoms with Crippen molar-refractivity contribution < 1.29 is 9.21 Å². The number of carbonyl (C=O) groups excluding carboxylic acids is 1. The van der Waals surface area contributed by atoms with Crippen LogP contribution in [-0.2, 0) is 11.2 Å². The monoisotopic (exact) mass is 381 g/mol. The molecule has 0 N–H and O–H groups in total. The number of thiocarbonyl (C=S) groups is 1. The highest BCUT2D eigenvalue weighted by molar-refractivity contribution is 8.24. The quantitative estimate of drug-likeness (QED) is 0.706. The zero-order valence-electron chi connectivity index (χ0n) is 13.1. The Morgan fingerprint density at radius 1 is 1.38 bits per heavy atom. The van der Waals surface area contributed by atoms with Crippen LogP contribution in [0.3, 0.4) is 0 Å². The molecule has 1 atom stereocenters. The van der Waals surface area contributed by atoms with Crippen molar-refractivity contribution in [2.75, 3.05) is 6.54 Å². The van der Waals surface area contributed by atoms with E-state index in [4.69, 9.17) is 28.2 Å². The van der Waals surface area contributed by atoms with Crippen LogP contribution in [0.5, 0.6) is 0 Å². The van der Waals surface area contributed by atoms with E-state index in [0.29, 0.717) is 40.5 Å². The number of thioether (sulfide) groups is 1. The van der Waals surface area contributed by atoms with Crippen molar-refractivity contribution in [3.05, 3.63) is 35.2 Å². The lowest BCUT2D eigenvalue weighted by molar-refractivity contribution is -0.126. The highest BCUT2D eigenvalue weighted by Gasteiger charge is 2.35. The maximum absolute atomic E-state index is 12.2. The lowest BCUT2D eigenvalue weighted by atomic mass is 10.2. The van der Waals surface area contributed by atoms with Gasteiger partial charge in [0.1, 0.15) is 4.32 Å². The van der Waals surface area contributed by atoms with Crippen molar-refractivity contribution in [3.8, 4) is 11.5 Å². The first-order valence-corrected chi connectivity index (χ1v) is 9.36. The molecule has 1 fully saturated rings. The van der Waals surface area contributed by atoms with Crippen LogP contribution in [0.1, 0.15) is 25.7 Å². The molecule has 0 bridgehead atoms. The summed E-state index contributed by atoms with van der Waals surface area (Å²) in [6, 6.07) is 7.33. The number of aromatic nitrogens is 2. The second-order valence-electron chi connectivity index (χ2n) is 5.35. The van der Waals surface area contributed by atoms with Gasteiger partial charge >= 0.3 is 0 Å². The summed E-state index contributed by atoms with van der Waals surface area (Å²) in [7, 11) is 0. The van der Waals surface area contributed by atoms with Gasteiger partial charge in [-0.2, -0.15) is 0 Å². The van der Waals surface area contributed by atoms with Gasteiger partial charge < -0.3 is 4.42 Å². The molecule has 0 saturated carbocycles. The lowest BCUT2D eigenvalue weighted by Gasteiger charge is -2.14. The van der Waals surface area contributed by atoms with Gasteiger partial charge in [0.15, 0.2) is 0 Å². The van der Waals surface area contributed by atoms with E-state index in [1.807, 2.05) is 25.1 Å². The summed E-state index contributed by atoms with van der Waals surface area (Å²) < 4.78 is 6.32. The summed E-state index contributed by atoms with van der Waals surface area (Å²) in [5, 5.41) is 8.63. The zero-order valence-corrected chi connectivity index (χ0v) is 15.5. The maximum Gasteiger partial charge on any atom is 0.249 e. The summed E-state index contributed by atoms with van der Waals surface area (Å²) >= 11 is 12.9. The third kappa shape index (κ3) is 3.63. The van der Waals surface area contributed by atoms with Crippen LogP contribution in [-0.4, -0.2) is 37.1 Å². The van der Waals surface area contributed by atoms with Crippen LogP contribution in [0.15, 0.2) is 28.7 Å². The van der Waals surface area contributed by atoms with Gasteiger partial charge in [-0.05, 0) is 25.0 Å². The van der Waals surface area contributed by atoms with E-state index >= 15 is 0 Å². The first-order chi connectivity index (χ1) is 11.6. The van der Waals surface area contributed by atoms with Crippen molar-refractivity contribution in [2.24, 2.45) is 0 Å². The SMILES string of the molecule is CCC1SC(=S)N(CCCc2nnc(-c3ccccc3Cl)o2)C1=O. The molecule has 2 aromatic rings. The molecule has 1 aromatic carbocycles. The number of hydrogen-bond donors (Lipinski definition) is 0. The standard InChI is InChI=1S/C16H16ClN3O2S2/c1-2-12-15(21)20(16(23)24-12)9-5-8-13-18-19-14(22-13)10-6-3-4-7-11(10)17/h3-4,6-7,12H,2,5,8-9H2,1H3. The molecule has 1 unspecified atom stereocenters. The molecule has 24 heavy (non-hydrogen) atoms. The number of nitrogens with zero attached hydrogens (tertiary/aromatic N) is 3. The second kappa shape index (κ2) is 7.63. The Morgan fingerprint density at radius 2 is 2.17 bits per heavy atom. The summed E-state index contributed by atoms with van der Waals surface area (Å²) in [5.74, 6) is 1.04. The molecule has 0 spiro atoms. The highest BCUT2D eigenvalue weighted by Crippen LogP contribution is 2.30. The van der Waals surface area contributed by atoms with E-state index in [-0.39, 0.29) is 11.2 Å². The molecule has 0 radical (unpaired) electrons. The Bertz CT molecular complexity index is 765. The third-order valence-corrected chi connectivity index (χ3v) is 5.80. The number of amides is 1. The third-order valence-electron chi connectivity index (χ3n) is 3.72. The summed E-state index contributed by atoms with van der Waals surface area (Å²) in [6.45, 7) is 2.57. The summed E-state index contributed by atoms with van der Waals surface area (Å²) in [5.41, 5.74) is 0.719. The normalized spacial score (nSPS) is 17.8. The molecule has 2 heterocycles. The molecule has 1 saturated heterocycles. The van der Waals surface area contributed by atoms with Crippen molar-refractivity contribution in [3.63, 3.8) is 0 Å². The van der Waals surface area contributed by atoms with E-state index in [0.717, 1.165) is 12.0 Å². The minimum absolute atomic E-state index is 0.0345. The number of carbonyl (C=O) groups is 1. The van der Waals surface area contributed by atoms with Gasteiger partial charge in [-0.25, -0.2) is 0 Å².